The summed E-state index contributed by atoms with van der Waals surface area (Å²) in [5, 5.41) is 43.8. The van der Waals surface area contributed by atoms with Gasteiger partial charge >= 0.3 is 6.09 Å². The van der Waals surface area contributed by atoms with E-state index in [-0.39, 0.29) is 29.7 Å². The summed E-state index contributed by atoms with van der Waals surface area (Å²) in [5.74, 6) is 1.24. The average molecular weight is 1070 g/mol. The Morgan fingerprint density at radius 3 is 1.38 bits per heavy atom. The third-order valence-corrected chi connectivity index (χ3v) is 12.6. The van der Waals surface area contributed by atoms with Crippen LogP contribution >= 0.6 is 11.6 Å². The van der Waals surface area contributed by atoms with E-state index in [4.69, 9.17) is 21.6 Å². The Morgan fingerprint density at radius 2 is 0.974 bits per heavy atom. The molecule has 0 saturated carbocycles. The number of hydrogen-bond acceptors (Lipinski definition) is 15. The van der Waals surface area contributed by atoms with Crippen LogP contribution in [0.2, 0.25) is 5.15 Å². The quantitative estimate of drug-likeness (QED) is 0.133. The second-order valence-corrected chi connectivity index (χ2v) is 19.5. The number of nitriles is 1. The molecule has 4 aromatic heterocycles. The highest BCUT2D eigenvalue weighted by atomic mass is 35.5. The number of halogens is 1. The zero-order chi connectivity index (χ0) is 55.4. The lowest BCUT2D eigenvalue weighted by Crippen LogP contribution is -2.38. The zero-order valence-corrected chi connectivity index (χ0v) is 45.1. The number of carbonyl (C=O) groups excluding carboxylic acids is 3. The Balaban J connectivity index is 0.000000158. The second-order valence-electron chi connectivity index (χ2n) is 19.2. The van der Waals surface area contributed by atoms with Crippen LogP contribution in [0.3, 0.4) is 0 Å². The van der Waals surface area contributed by atoms with Crippen molar-refractivity contribution < 1.29 is 19.1 Å². The molecular formula is C59H61ClN14O4. The lowest BCUT2D eigenvalue weighted by atomic mass is 10.1. The van der Waals surface area contributed by atoms with Gasteiger partial charge in [-0.15, -0.1) is 20.4 Å². The van der Waals surface area contributed by atoms with E-state index in [0.29, 0.717) is 55.8 Å². The van der Waals surface area contributed by atoms with Crippen LogP contribution in [-0.4, -0.2) is 121 Å². The summed E-state index contributed by atoms with van der Waals surface area (Å²) in [6.07, 6.45) is 9.83. The van der Waals surface area contributed by atoms with E-state index in [9.17, 15) is 14.4 Å². The number of benzene rings is 4. The number of likely N-dealkylation sites (tertiary alicyclic amines) is 2. The molecule has 2 aliphatic heterocycles. The van der Waals surface area contributed by atoms with E-state index < -0.39 is 5.60 Å². The van der Waals surface area contributed by atoms with Crippen molar-refractivity contribution in [3.05, 3.63) is 176 Å². The van der Waals surface area contributed by atoms with E-state index in [0.717, 1.165) is 50.3 Å². The minimum Gasteiger partial charge on any atom is -0.444 e. The molecule has 2 atom stereocenters. The molecular weight excluding hydrogens is 1000 g/mol. The average Bonchev–Trinajstić information content (AvgIpc) is 4.21. The van der Waals surface area contributed by atoms with Crippen molar-refractivity contribution in [2.24, 2.45) is 11.8 Å². The van der Waals surface area contributed by atoms with Gasteiger partial charge in [-0.25, -0.2) is 4.79 Å². The van der Waals surface area contributed by atoms with Crippen molar-refractivity contribution in [3.8, 4) is 50.7 Å². The Labute approximate surface area is 459 Å². The van der Waals surface area contributed by atoms with Crippen LogP contribution in [0.15, 0.2) is 170 Å². The predicted octanol–water partition coefficient (Wildman–Crippen LogP) is 10.3. The molecule has 0 aliphatic carbocycles. The summed E-state index contributed by atoms with van der Waals surface area (Å²) in [7, 11) is 5.23. The zero-order valence-electron chi connectivity index (χ0n) is 44.4. The minimum atomic E-state index is -0.552. The van der Waals surface area contributed by atoms with Gasteiger partial charge < -0.3 is 19.9 Å². The molecule has 19 heteroatoms. The maximum Gasteiger partial charge on any atom is 0.410 e. The van der Waals surface area contributed by atoms with Gasteiger partial charge in [0.05, 0.1) is 36.6 Å². The lowest BCUT2D eigenvalue weighted by Gasteiger charge is -2.25. The molecule has 3 amide bonds. The van der Waals surface area contributed by atoms with Gasteiger partial charge in [-0.05, 0) is 80.1 Å². The number of hydrogen-bond donors (Lipinski definition) is 1. The number of nitrogens with zero attached hydrogens (tertiary/aromatic N) is 13. The molecule has 8 aromatic rings. The highest BCUT2D eigenvalue weighted by molar-refractivity contribution is 6.29. The van der Waals surface area contributed by atoms with Gasteiger partial charge in [0, 0.05) is 69.6 Å². The number of ether oxygens (including phenoxy) is 1. The molecule has 0 bridgehead atoms. The predicted molar refractivity (Wildman–Crippen MR) is 302 cm³/mol. The third-order valence-electron chi connectivity index (χ3n) is 12.5. The molecule has 0 spiro atoms. The first-order valence-corrected chi connectivity index (χ1v) is 25.6. The van der Waals surface area contributed by atoms with Crippen LogP contribution in [-0.2, 0) is 14.3 Å². The highest BCUT2D eigenvalue weighted by Gasteiger charge is 2.35. The first-order chi connectivity index (χ1) is 37.7. The Bertz CT molecular complexity index is 3260. The van der Waals surface area contributed by atoms with Crippen molar-refractivity contribution >= 4 is 47.0 Å². The van der Waals surface area contributed by atoms with Gasteiger partial charge in [0.25, 0.3) is 0 Å². The standard InChI is InChI=1S/C21H26N4O3.C17H17N5O.C11H11N3.C10H7ClN2/c1-21(2,3)28-20(27)25-11-10-16(14-25)19(26)24(4)18-12-17(13-22-23-18)15-8-6-5-7-9-15;1-21(17(23)14-7-8-22(11-14)12-18)16-9-15(10-19-20-16)13-5-3-2-4-6-13;1-12-11-7-10(8-13-14-11)9-5-3-2-4-6-9;11-10-6-9(7-12-13-10)8-4-2-1-3-5-8/h5-9,12-13,16H,10-11,14H2,1-4H3;2-6,9-10,14H,7-8,11H2,1H3;2-8H,1H3,(H,12,14);1-7H/t16-;14-;;/m11../s1. The number of rotatable bonds is 9. The Morgan fingerprint density at radius 1 is 0.577 bits per heavy atom. The summed E-state index contributed by atoms with van der Waals surface area (Å²) < 4.78 is 5.40. The van der Waals surface area contributed by atoms with E-state index in [2.05, 4.69) is 64.4 Å². The summed E-state index contributed by atoms with van der Waals surface area (Å²) >= 11 is 5.72. The van der Waals surface area contributed by atoms with Gasteiger partial charge in [0.1, 0.15) is 11.4 Å². The molecule has 6 heterocycles. The van der Waals surface area contributed by atoms with Gasteiger partial charge in [-0.1, -0.05) is 133 Å². The molecule has 398 valence electrons. The number of anilines is 3. The fraction of sp³-hybridized carbons (Fsp3) is 0.254. The number of carbonyl (C=O) groups is 3. The van der Waals surface area contributed by atoms with E-state index in [1.807, 2.05) is 155 Å². The summed E-state index contributed by atoms with van der Waals surface area (Å²) in [5.41, 5.74) is 7.61. The van der Waals surface area contributed by atoms with Crippen LogP contribution < -0.4 is 15.1 Å². The molecule has 1 N–H and O–H groups in total. The normalized spacial score (nSPS) is 14.4. The topological polar surface area (TPSA) is 212 Å². The van der Waals surface area contributed by atoms with Crippen molar-refractivity contribution in [1.29, 1.82) is 5.26 Å². The smallest absolute Gasteiger partial charge is 0.410 e. The molecule has 78 heavy (non-hydrogen) atoms. The van der Waals surface area contributed by atoms with Crippen LogP contribution in [0.1, 0.15) is 33.6 Å². The lowest BCUT2D eigenvalue weighted by molar-refractivity contribution is -0.122. The van der Waals surface area contributed by atoms with Crippen LogP contribution in [0.5, 0.6) is 0 Å². The number of aromatic nitrogens is 8. The van der Waals surface area contributed by atoms with Gasteiger partial charge in [-0.3, -0.25) is 19.4 Å². The monoisotopic (exact) mass is 1060 g/mol. The van der Waals surface area contributed by atoms with E-state index in [1.165, 1.54) is 9.80 Å². The summed E-state index contributed by atoms with van der Waals surface area (Å²) in [4.78, 5) is 44.0. The molecule has 0 unspecified atom stereocenters. The van der Waals surface area contributed by atoms with Crippen molar-refractivity contribution in [1.82, 2.24) is 50.6 Å². The fourth-order valence-corrected chi connectivity index (χ4v) is 8.46. The molecule has 2 saturated heterocycles. The first-order valence-electron chi connectivity index (χ1n) is 25.2. The first kappa shape index (κ1) is 56.5. The Hall–Kier alpha value is -9.21. The van der Waals surface area contributed by atoms with Gasteiger partial charge in [-0.2, -0.15) is 25.7 Å². The fourth-order valence-electron chi connectivity index (χ4n) is 8.30. The number of nitrogens with one attached hydrogen (secondary N) is 1. The summed E-state index contributed by atoms with van der Waals surface area (Å²) in [6.45, 7) is 7.46. The van der Waals surface area contributed by atoms with E-state index in [1.54, 1.807) is 54.7 Å². The van der Waals surface area contributed by atoms with Gasteiger partial charge in [0.2, 0.25) is 11.8 Å². The van der Waals surface area contributed by atoms with Crippen molar-refractivity contribution in [3.63, 3.8) is 0 Å². The maximum atomic E-state index is 12.9. The van der Waals surface area contributed by atoms with Crippen LogP contribution in [0.4, 0.5) is 22.2 Å². The van der Waals surface area contributed by atoms with Gasteiger partial charge in [0.15, 0.2) is 23.0 Å². The third kappa shape index (κ3) is 16.2. The summed E-state index contributed by atoms with van der Waals surface area (Å²) in [6, 6.07) is 47.2. The molecule has 0 radical (unpaired) electrons. The largest absolute Gasteiger partial charge is 0.444 e. The van der Waals surface area contributed by atoms with Crippen LogP contribution in [0.25, 0.3) is 44.5 Å². The molecule has 18 nitrogen and oxygen atoms in total. The maximum absolute atomic E-state index is 12.9. The second kappa shape index (κ2) is 27.5. The van der Waals surface area contributed by atoms with Crippen LogP contribution in [0, 0.1) is 23.3 Å². The van der Waals surface area contributed by atoms with Crippen molar-refractivity contribution in [2.45, 2.75) is 39.2 Å². The SMILES string of the molecule is CN(C(=O)[C@@H]1CCN(C#N)C1)c1cc(-c2ccccc2)cnn1.CN(C(=O)[C@@H]1CCN(C(=O)OC(C)(C)C)C1)c1cc(-c2ccccc2)cnn1.CNc1cc(-c2ccccc2)cnn1.Clc1cc(-c2ccccc2)cnn1. The van der Waals surface area contributed by atoms with E-state index >= 15 is 0 Å². The Kier molecular flexibility index (Phi) is 20.0. The van der Waals surface area contributed by atoms with Crippen molar-refractivity contribution in [2.75, 3.05) is 62.4 Å². The molecule has 10 rings (SSSR count). The minimum absolute atomic E-state index is 0.0257. The molecule has 2 fully saturated rings. The highest BCUT2D eigenvalue weighted by Crippen LogP contribution is 2.28. The molecule has 4 aromatic carbocycles. The number of amides is 3. The molecule has 2 aliphatic rings.